The zero-order valence-electron chi connectivity index (χ0n) is 22.6. The summed E-state index contributed by atoms with van der Waals surface area (Å²) in [6.45, 7) is 1.66. The standard InChI is InChI=1S/C28H19F5N8O2S/c1-11-16(10-40(2)39-11)14-7-18(23(30)31)37-28-20(14)21(22(44-28)25(34)42)38-27(43)15-9-35-41-19(24(32)33)8-17(36-26(15)41)12-3-5-13(29)6-4-12/h3-10,23-24H,1-2H3,(H2,34,42)(H,38,43). The van der Waals surface area contributed by atoms with Gasteiger partial charge in [-0.15, -0.1) is 11.3 Å². The van der Waals surface area contributed by atoms with Crippen LogP contribution in [0.3, 0.4) is 0 Å². The number of alkyl halides is 4. The molecule has 44 heavy (non-hydrogen) atoms. The van der Waals surface area contributed by atoms with Gasteiger partial charge in [0.05, 0.1) is 23.3 Å². The first-order valence-electron chi connectivity index (χ1n) is 12.7. The van der Waals surface area contributed by atoms with Crippen molar-refractivity contribution in [1.29, 1.82) is 0 Å². The largest absolute Gasteiger partial charge is 0.365 e. The number of primary amides is 1. The van der Waals surface area contributed by atoms with Gasteiger partial charge in [-0.25, -0.2) is 36.4 Å². The van der Waals surface area contributed by atoms with Crippen LogP contribution >= 0.6 is 11.3 Å². The molecule has 5 aromatic heterocycles. The van der Waals surface area contributed by atoms with Crippen LogP contribution in [0.15, 0.2) is 48.8 Å². The van der Waals surface area contributed by atoms with Crippen molar-refractivity contribution < 1.29 is 31.5 Å². The van der Waals surface area contributed by atoms with Crippen LogP contribution in [-0.4, -0.2) is 41.2 Å². The molecule has 0 bridgehead atoms. The highest BCUT2D eigenvalue weighted by atomic mass is 32.1. The van der Waals surface area contributed by atoms with Gasteiger partial charge in [0.25, 0.3) is 24.7 Å². The Labute approximate surface area is 248 Å². The molecular weight excluding hydrogens is 607 g/mol. The molecule has 0 aliphatic rings. The van der Waals surface area contributed by atoms with E-state index in [1.807, 2.05) is 0 Å². The smallest absolute Gasteiger partial charge is 0.280 e. The Kier molecular flexibility index (Phi) is 7.07. The second-order valence-corrected chi connectivity index (χ2v) is 10.7. The average Bonchev–Trinajstić information content (AvgIpc) is 3.66. The fourth-order valence-electron chi connectivity index (χ4n) is 4.85. The third-order valence-corrected chi connectivity index (χ3v) is 7.88. The van der Waals surface area contributed by atoms with Crippen molar-refractivity contribution in [2.45, 2.75) is 19.8 Å². The summed E-state index contributed by atoms with van der Waals surface area (Å²) in [6, 6.07) is 7.18. The molecule has 0 spiro atoms. The summed E-state index contributed by atoms with van der Waals surface area (Å²) < 4.78 is 71.6. The van der Waals surface area contributed by atoms with Gasteiger partial charge in [0.15, 0.2) is 5.65 Å². The Morgan fingerprint density at radius 3 is 2.36 bits per heavy atom. The number of rotatable bonds is 7. The molecular formula is C28H19F5N8O2S. The third-order valence-electron chi connectivity index (χ3n) is 6.78. The molecule has 16 heteroatoms. The number of carbonyl (C=O) groups is 2. The lowest BCUT2D eigenvalue weighted by Gasteiger charge is -2.11. The zero-order chi connectivity index (χ0) is 31.4. The van der Waals surface area contributed by atoms with Gasteiger partial charge in [0.2, 0.25) is 0 Å². The van der Waals surface area contributed by atoms with E-state index in [2.05, 4.69) is 25.5 Å². The molecule has 6 aromatic rings. The summed E-state index contributed by atoms with van der Waals surface area (Å²) in [5.41, 5.74) is 5.33. The summed E-state index contributed by atoms with van der Waals surface area (Å²) in [7, 11) is 1.64. The second-order valence-electron chi connectivity index (χ2n) is 9.67. The molecule has 0 saturated heterocycles. The predicted molar refractivity (Wildman–Crippen MR) is 151 cm³/mol. The fourth-order valence-corrected chi connectivity index (χ4v) is 5.86. The topological polar surface area (TPSA) is 133 Å². The highest BCUT2D eigenvalue weighted by Gasteiger charge is 2.28. The number of aromatic nitrogens is 6. The van der Waals surface area contributed by atoms with Gasteiger partial charge in [0, 0.05) is 29.8 Å². The zero-order valence-corrected chi connectivity index (χ0v) is 23.5. The molecule has 1 aromatic carbocycles. The van der Waals surface area contributed by atoms with Crippen molar-refractivity contribution in [2.75, 3.05) is 5.32 Å². The number of carbonyl (C=O) groups excluding carboxylic acids is 2. The number of hydrogen-bond donors (Lipinski definition) is 2. The van der Waals surface area contributed by atoms with Crippen LogP contribution in [0.5, 0.6) is 0 Å². The van der Waals surface area contributed by atoms with Crippen LogP contribution in [0.1, 0.15) is 50.0 Å². The van der Waals surface area contributed by atoms with E-state index in [0.29, 0.717) is 28.2 Å². The van der Waals surface area contributed by atoms with Gasteiger partial charge in [-0.2, -0.15) is 10.2 Å². The number of hydrogen-bond acceptors (Lipinski definition) is 7. The van der Waals surface area contributed by atoms with Crippen LogP contribution in [0.4, 0.5) is 27.6 Å². The number of pyridine rings is 1. The Balaban J connectivity index is 1.53. The highest BCUT2D eigenvalue weighted by Crippen LogP contribution is 2.43. The van der Waals surface area contributed by atoms with Gasteiger partial charge in [-0.3, -0.25) is 14.3 Å². The maximum absolute atomic E-state index is 14.1. The number of anilines is 1. The Morgan fingerprint density at radius 1 is 1.02 bits per heavy atom. The monoisotopic (exact) mass is 626 g/mol. The van der Waals surface area contributed by atoms with Crippen molar-refractivity contribution in [3.8, 4) is 22.4 Å². The molecule has 0 atom stereocenters. The minimum atomic E-state index is -3.02. The number of benzene rings is 1. The van der Waals surface area contributed by atoms with Crippen molar-refractivity contribution in [2.24, 2.45) is 12.8 Å². The van der Waals surface area contributed by atoms with Crippen LogP contribution in [0.2, 0.25) is 0 Å². The average molecular weight is 627 g/mol. The number of aryl methyl sites for hydroxylation is 2. The number of amides is 2. The van der Waals surface area contributed by atoms with Gasteiger partial charge in [0.1, 0.15) is 32.5 Å². The molecule has 0 aliphatic heterocycles. The predicted octanol–water partition coefficient (Wildman–Crippen LogP) is 6.08. The molecule has 224 valence electrons. The van der Waals surface area contributed by atoms with Crippen molar-refractivity contribution in [3.63, 3.8) is 0 Å². The SMILES string of the molecule is Cc1nn(C)cc1-c1cc(C(F)F)nc2sc(C(N)=O)c(NC(=O)c3cnn4c(C(F)F)cc(-c5ccc(F)cc5)nc34)c12. The summed E-state index contributed by atoms with van der Waals surface area (Å²) >= 11 is 0.708. The van der Waals surface area contributed by atoms with E-state index in [0.717, 1.165) is 35.0 Å². The number of nitrogens with two attached hydrogens (primary N) is 1. The number of nitrogens with zero attached hydrogens (tertiary/aromatic N) is 6. The molecule has 2 amide bonds. The van der Waals surface area contributed by atoms with E-state index in [4.69, 9.17) is 5.73 Å². The first kappa shape index (κ1) is 28.9. The molecule has 0 aliphatic carbocycles. The summed E-state index contributed by atoms with van der Waals surface area (Å²) in [4.78, 5) is 34.4. The molecule has 10 nitrogen and oxygen atoms in total. The molecule has 0 saturated carbocycles. The maximum Gasteiger partial charge on any atom is 0.280 e. The fraction of sp³-hybridized carbons (Fsp3) is 0.143. The Hall–Kier alpha value is -5.25. The quantitative estimate of drug-likeness (QED) is 0.207. The van der Waals surface area contributed by atoms with E-state index in [-0.39, 0.29) is 43.2 Å². The minimum Gasteiger partial charge on any atom is -0.365 e. The number of thiophene rings is 1. The second kappa shape index (κ2) is 10.8. The lowest BCUT2D eigenvalue weighted by Crippen LogP contribution is -2.17. The summed E-state index contributed by atoms with van der Waals surface area (Å²) in [6.07, 6.45) is -3.35. The summed E-state index contributed by atoms with van der Waals surface area (Å²) in [5, 5.41) is 10.9. The Morgan fingerprint density at radius 2 is 1.75 bits per heavy atom. The highest BCUT2D eigenvalue weighted by molar-refractivity contribution is 7.21. The minimum absolute atomic E-state index is 0.00160. The van der Waals surface area contributed by atoms with Crippen LogP contribution in [0, 0.1) is 12.7 Å². The molecule has 3 N–H and O–H groups in total. The van der Waals surface area contributed by atoms with Crippen LogP contribution in [0.25, 0.3) is 38.2 Å². The summed E-state index contributed by atoms with van der Waals surface area (Å²) in [5.74, 6) is -2.41. The third kappa shape index (κ3) is 4.92. The molecule has 0 radical (unpaired) electrons. The van der Waals surface area contributed by atoms with Crippen molar-refractivity contribution in [3.05, 3.63) is 82.1 Å². The van der Waals surface area contributed by atoms with Gasteiger partial charge in [-0.1, -0.05) is 0 Å². The van der Waals surface area contributed by atoms with E-state index < -0.39 is 41.9 Å². The number of halogens is 5. The lowest BCUT2D eigenvalue weighted by atomic mass is 10.0. The van der Waals surface area contributed by atoms with E-state index in [1.165, 1.54) is 16.8 Å². The van der Waals surface area contributed by atoms with E-state index in [1.54, 1.807) is 20.2 Å². The number of nitrogens with one attached hydrogen (secondary N) is 1. The molecule has 6 rings (SSSR count). The lowest BCUT2D eigenvalue weighted by molar-refractivity contribution is 0.100. The van der Waals surface area contributed by atoms with Gasteiger partial charge in [-0.05, 0) is 48.9 Å². The van der Waals surface area contributed by atoms with E-state index >= 15 is 0 Å². The first-order chi connectivity index (χ1) is 20.9. The first-order valence-corrected chi connectivity index (χ1v) is 13.5. The number of fused-ring (bicyclic) bond motifs is 2. The van der Waals surface area contributed by atoms with Gasteiger partial charge < -0.3 is 11.1 Å². The molecule has 0 fully saturated rings. The molecule has 0 unspecified atom stereocenters. The van der Waals surface area contributed by atoms with Crippen LogP contribution in [-0.2, 0) is 7.05 Å². The Bertz CT molecular complexity index is 2100. The van der Waals surface area contributed by atoms with Crippen molar-refractivity contribution >= 4 is 44.7 Å². The van der Waals surface area contributed by atoms with Gasteiger partial charge >= 0.3 is 0 Å². The van der Waals surface area contributed by atoms with Crippen LogP contribution < -0.4 is 11.1 Å². The maximum atomic E-state index is 14.1. The van der Waals surface area contributed by atoms with Crippen molar-refractivity contribution in [1.82, 2.24) is 29.4 Å². The molecule has 5 heterocycles. The van der Waals surface area contributed by atoms with E-state index in [9.17, 15) is 31.5 Å². The normalized spacial score (nSPS) is 11.8.